The topological polar surface area (TPSA) is 122 Å². The zero-order valence-corrected chi connectivity index (χ0v) is 19.9. The van der Waals surface area contributed by atoms with Gasteiger partial charge in [0.1, 0.15) is 12.0 Å². The number of carbonyl (C=O) groups excluding carboxylic acids is 3. The zero-order chi connectivity index (χ0) is 24.1. The predicted molar refractivity (Wildman–Crippen MR) is 124 cm³/mol. The van der Waals surface area contributed by atoms with Crippen LogP contribution in [0.25, 0.3) is 0 Å². The van der Waals surface area contributed by atoms with Gasteiger partial charge < -0.3 is 20.5 Å². The number of amides is 2. The fourth-order valence-electron chi connectivity index (χ4n) is 3.40. The molecule has 0 unspecified atom stereocenters. The zero-order valence-electron chi connectivity index (χ0n) is 19.1. The Hall–Kier alpha value is -2.55. The molecule has 2 amide bonds. The molecule has 1 aromatic carbocycles. The van der Waals surface area contributed by atoms with Crippen LogP contribution >= 0.6 is 11.8 Å². The monoisotopic (exact) mass is 466 g/mol. The quantitative estimate of drug-likeness (QED) is 0.284. The molecule has 3 N–H and O–H groups in total. The van der Waals surface area contributed by atoms with E-state index in [4.69, 9.17) is 0 Å². The largest absolute Gasteiger partial charge is 0.481 e. The molecule has 32 heavy (non-hydrogen) atoms. The van der Waals surface area contributed by atoms with Crippen LogP contribution in [-0.4, -0.2) is 54.8 Å². The van der Waals surface area contributed by atoms with Crippen LogP contribution in [0, 0.1) is 17.8 Å². The minimum absolute atomic E-state index is 0.0159. The van der Waals surface area contributed by atoms with Gasteiger partial charge in [0, 0.05) is 19.2 Å². The van der Waals surface area contributed by atoms with E-state index in [1.807, 2.05) is 44.2 Å². The van der Waals surface area contributed by atoms with Crippen LogP contribution < -0.4 is 10.6 Å². The van der Waals surface area contributed by atoms with Crippen LogP contribution in [0.4, 0.5) is 0 Å². The Kier molecular flexibility index (Phi) is 12.5. The highest BCUT2D eigenvalue weighted by Gasteiger charge is 2.37. The van der Waals surface area contributed by atoms with Crippen LogP contribution in [0.5, 0.6) is 0 Å². The molecule has 0 heterocycles. The van der Waals surface area contributed by atoms with E-state index in [1.54, 1.807) is 11.8 Å². The van der Waals surface area contributed by atoms with Gasteiger partial charge in [-0.2, -0.15) is 11.8 Å². The van der Waals surface area contributed by atoms with Gasteiger partial charge in [-0.3, -0.25) is 19.2 Å². The summed E-state index contributed by atoms with van der Waals surface area (Å²) in [6.45, 7) is 3.96. The minimum atomic E-state index is -1.30. The number of methoxy groups -OCH3 is 1. The summed E-state index contributed by atoms with van der Waals surface area (Å²) in [6, 6.07) is 8.81. The van der Waals surface area contributed by atoms with Gasteiger partial charge in [-0.1, -0.05) is 44.2 Å². The first-order chi connectivity index (χ1) is 15.2. The predicted octanol–water partition coefficient (Wildman–Crippen LogP) is 2.47. The summed E-state index contributed by atoms with van der Waals surface area (Å²) < 4.78 is 4.59. The molecule has 0 spiro atoms. The van der Waals surface area contributed by atoms with Gasteiger partial charge in [0.25, 0.3) is 0 Å². The van der Waals surface area contributed by atoms with Crippen LogP contribution in [-0.2, 0) is 29.7 Å². The number of carboxylic acid groups (broad SMARTS) is 1. The molecular weight excluding hydrogens is 432 g/mol. The Morgan fingerprint density at radius 3 is 2.28 bits per heavy atom. The van der Waals surface area contributed by atoms with E-state index in [0.717, 1.165) is 5.56 Å². The van der Waals surface area contributed by atoms with Gasteiger partial charge in [0.05, 0.1) is 7.11 Å². The number of thioether (sulfide) groups is 1. The lowest BCUT2D eigenvalue weighted by molar-refractivity contribution is -0.150. The SMILES string of the molecule is CNC(=O)[C@H](CCC(=O)OC)NC(=O)[C@@H](C(=O)O)[C@H](CSCc1ccccc1)CC(C)C. The smallest absolute Gasteiger partial charge is 0.316 e. The number of carbonyl (C=O) groups is 4. The molecule has 178 valence electrons. The fraction of sp³-hybridized carbons (Fsp3) is 0.565. The summed E-state index contributed by atoms with van der Waals surface area (Å²) in [6.07, 6.45) is 0.496. The molecule has 0 bridgehead atoms. The lowest BCUT2D eigenvalue weighted by atomic mass is 9.86. The summed E-state index contributed by atoms with van der Waals surface area (Å²) in [5.41, 5.74) is 1.12. The van der Waals surface area contributed by atoms with E-state index in [1.165, 1.54) is 14.2 Å². The van der Waals surface area contributed by atoms with Crippen LogP contribution in [0.2, 0.25) is 0 Å². The maximum absolute atomic E-state index is 13.0. The average molecular weight is 467 g/mol. The fourth-order valence-corrected chi connectivity index (χ4v) is 4.58. The molecule has 3 atom stereocenters. The van der Waals surface area contributed by atoms with Crippen LogP contribution in [0.15, 0.2) is 30.3 Å². The van der Waals surface area contributed by atoms with E-state index in [0.29, 0.717) is 17.9 Å². The van der Waals surface area contributed by atoms with Gasteiger partial charge in [-0.05, 0) is 36.0 Å². The molecule has 1 aromatic rings. The highest BCUT2D eigenvalue weighted by Crippen LogP contribution is 2.27. The molecule has 0 aliphatic rings. The van der Waals surface area contributed by atoms with Crippen LogP contribution in [0.1, 0.15) is 38.7 Å². The number of benzene rings is 1. The first kappa shape index (κ1) is 27.5. The highest BCUT2D eigenvalue weighted by atomic mass is 32.2. The summed E-state index contributed by atoms with van der Waals surface area (Å²) in [7, 11) is 2.65. The lowest BCUT2D eigenvalue weighted by Crippen LogP contribution is -2.50. The molecule has 0 aliphatic carbocycles. The van der Waals surface area contributed by atoms with Crippen molar-refractivity contribution in [1.82, 2.24) is 10.6 Å². The summed E-state index contributed by atoms with van der Waals surface area (Å²) in [5, 5.41) is 14.8. The van der Waals surface area contributed by atoms with Crippen molar-refractivity contribution >= 4 is 35.5 Å². The van der Waals surface area contributed by atoms with E-state index in [-0.39, 0.29) is 18.8 Å². The molecule has 0 fully saturated rings. The van der Waals surface area contributed by atoms with E-state index >= 15 is 0 Å². The Morgan fingerprint density at radius 1 is 1.09 bits per heavy atom. The number of nitrogens with one attached hydrogen (secondary N) is 2. The van der Waals surface area contributed by atoms with Gasteiger partial charge in [0.2, 0.25) is 11.8 Å². The maximum Gasteiger partial charge on any atom is 0.316 e. The van der Waals surface area contributed by atoms with E-state index in [2.05, 4.69) is 15.4 Å². The Balaban J connectivity index is 2.93. The molecule has 0 radical (unpaired) electrons. The van der Waals surface area contributed by atoms with Crippen molar-refractivity contribution in [1.29, 1.82) is 0 Å². The molecule has 0 saturated heterocycles. The third kappa shape index (κ3) is 9.72. The normalized spacial score (nSPS) is 13.7. The van der Waals surface area contributed by atoms with Crippen molar-refractivity contribution in [3.63, 3.8) is 0 Å². The van der Waals surface area contributed by atoms with E-state index in [9.17, 15) is 24.3 Å². The van der Waals surface area contributed by atoms with Crippen molar-refractivity contribution in [2.24, 2.45) is 17.8 Å². The summed E-state index contributed by atoms with van der Waals surface area (Å²) >= 11 is 1.58. The molecule has 0 saturated carbocycles. The third-order valence-corrected chi connectivity index (χ3v) is 6.18. The highest BCUT2D eigenvalue weighted by molar-refractivity contribution is 7.98. The van der Waals surface area contributed by atoms with Crippen molar-refractivity contribution in [3.8, 4) is 0 Å². The molecule has 1 rings (SSSR count). The molecular formula is C23H34N2O6S. The second-order valence-electron chi connectivity index (χ2n) is 8.00. The number of aliphatic carboxylic acids is 1. The number of ether oxygens (including phenoxy) is 1. The van der Waals surface area contributed by atoms with Gasteiger partial charge in [-0.25, -0.2) is 0 Å². The molecule has 0 aromatic heterocycles. The standard InChI is InChI=1S/C23H34N2O6S/c1-15(2)12-17(14-32-13-16-8-6-5-7-9-16)20(23(29)30)22(28)25-18(21(27)24-3)10-11-19(26)31-4/h5-9,15,17-18,20H,10-14H2,1-4H3,(H,24,27)(H,25,28)(H,29,30)/t17-,18-,20-/m0/s1. The average Bonchev–Trinajstić information content (AvgIpc) is 2.75. The lowest BCUT2D eigenvalue weighted by Gasteiger charge is -2.26. The van der Waals surface area contributed by atoms with Crippen molar-refractivity contribution in [3.05, 3.63) is 35.9 Å². The molecule has 0 aliphatic heterocycles. The first-order valence-electron chi connectivity index (χ1n) is 10.6. The Morgan fingerprint density at radius 2 is 1.75 bits per heavy atom. The minimum Gasteiger partial charge on any atom is -0.481 e. The first-order valence-corrected chi connectivity index (χ1v) is 11.8. The summed E-state index contributed by atoms with van der Waals surface area (Å²) in [4.78, 5) is 48.7. The number of hydrogen-bond acceptors (Lipinski definition) is 6. The van der Waals surface area contributed by atoms with Crippen molar-refractivity contribution < 1.29 is 29.0 Å². The second kappa shape index (κ2) is 14.5. The number of rotatable bonds is 14. The molecule has 8 nitrogen and oxygen atoms in total. The van der Waals surface area contributed by atoms with Crippen LogP contribution in [0.3, 0.4) is 0 Å². The Bertz CT molecular complexity index is 756. The maximum atomic E-state index is 13.0. The van der Waals surface area contributed by atoms with Gasteiger partial charge >= 0.3 is 11.9 Å². The summed E-state index contributed by atoms with van der Waals surface area (Å²) in [5.74, 6) is -3.27. The third-order valence-electron chi connectivity index (χ3n) is 4.98. The number of likely N-dealkylation sites (N-methyl/N-ethyl adjacent to an activating group) is 1. The molecule has 9 heteroatoms. The number of carboxylic acids is 1. The van der Waals surface area contributed by atoms with Crippen molar-refractivity contribution in [2.75, 3.05) is 19.9 Å². The van der Waals surface area contributed by atoms with Gasteiger partial charge in [-0.15, -0.1) is 0 Å². The van der Waals surface area contributed by atoms with Gasteiger partial charge in [0.15, 0.2) is 0 Å². The van der Waals surface area contributed by atoms with E-state index < -0.39 is 41.6 Å². The van der Waals surface area contributed by atoms with Crippen molar-refractivity contribution in [2.45, 2.75) is 44.9 Å². The number of hydrogen-bond donors (Lipinski definition) is 3. The Labute approximate surface area is 193 Å². The second-order valence-corrected chi connectivity index (χ2v) is 9.03. The number of esters is 1.